The fourth-order valence-corrected chi connectivity index (χ4v) is 11.6. The second kappa shape index (κ2) is 13.6. The van der Waals surface area contributed by atoms with E-state index in [1.54, 1.807) is 0 Å². The van der Waals surface area contributed by atoms with Crippen LogP contribution in [0.15, 0.2) is 215 Å². The molecule has 1 aliphatic heterocycles. The summed E-state index contributed by atoms with van der Waals surface area (Å²) in [6, 6.07) is 70.9. The number of para-hydroxylation sites is 4. The molecule has 4 aromatic heterocycles. The fraction of sp³-hybridized carbons (Fsp3) is 0.0175. The van der Waals surface area contributed by atoms with Gasteiger partial charge in [-0.05, 0) is 42.5 Å². The van der Waals surface area contributed by atoms with Gasteiger partial charge in [0.05, 0.1) is 27.8 Å². The summed E-state index contributed by atoms with van der Waals surface area (Å²) in [5.41, 5.74) is 11.4. The van der Waals surface area contributed by atoms with E-state index in [9.17, 15) is 0 Å². The second-order valence-electron chi connectivity index (χ2n) is 16.5. The minimum atomic E-state index is -0.452. The van der Waals surface area contributed by atoms with Gasteiger partial charge >= 0.3 is 0 Å². The summed E-state index contributed by atoms with van der Waals surface area (Å²) < 4.78 is 14.6. The largest absolute Gasteiger partial charge is 0.454 e. The molecule has 1 atom stereocenters. The van der Waals surface area contributed by atoms with Gasteiger partial charge in [0.25, 0.3) is 0 Å². The highest BCUT2D eigenvalue weighted by Crippen LogP contribution is 2.52. The van der Waals surface area contributed by atoms with E-state index in [-0.39, 0.29) is 0 Å². The number of fused-ring (bicyclic) bond motifs is 15. The summed E-state index contributed by atoms with van der Waals surface area (Å²) in [6.07, 6.45) is -0.452. The maximum atomic E-state index is 7.14. The van der Waals surface area contributed by atoms with Gasteiger partial charge in [-0.2, -0.15) is 0 Å². The normalized spacial score (nSPS) is 14.4. The Hall–Kier alpha value is -8.26. The van der Waals surface area contributed by atoms with E-state index in [0.29, 0.717) is 5.84 Å². The number of aliphatic imine (C=N–C) groups is 2. The number of hydrogen-bond acceptors (Lipinski definition) is 5. The molecule has 0 saturated heterocycles. The molecule has 300 valence electrons. The number of aromatic nitrogens is 2. The summed E-state index contributed by atoms with van der Waals surface area (Å²) in [5.74, 6) is 1.46. The van der Waals surface area contributed by atoms with Crippen molar-refractivity contribution < 1.29 is 4.42 Å². The number of amidine groups is 2. The number of nitrogens with zero attached hydrogens (tertiary/aromatic N) is 4. The van der Waals surface area contributed by atoms with E-state index in [0.717, 1.165) is 66.9 Å². The van der Waals surface area contributed by atoms with Crippen LogP contribution >= 0.6 is 11.3 Å². The van der Waals surface area contributed by atoms with Crippen LogP contribution in [0.2, 0.25) is 0 Å². The monoisotopic (exact) mass is 837 g/mol. The lowest BCUT2D eigenvalue weighted by Crippen LogP contribution is -2.33. The Bertz CT molecular complexity index is 4100. The Morgan fingerprint density at radius 2 is 1.06 bits per heavy atom. The zero-order valence-electron chi connectivity index (χ0n) is 34.2. The molecule has 0 aliphatic carbocycles. The Balaban J connectivity index is 1.13. The molecule has 5 heterocycles. The van der Waals surface area contributed by atoms with Gasteiger partial charge in [0.15, 0.2) is 11.4 Å². The van der Waals surface area contributed by atoms with E-state index < -0.39 is 6.17 Å². The minimum Gasteiger partial charge on any atom is -0.454 e. The van der Waals surface area contributed by atoms with Crippen molar-refractivity contribution in [3.63, 3.8) is 0 Å². The van der Waals surface area contributed by atoms with Crippen LogP contribution in [0.1, 0.15) is 22.9 Å². The van der Waals surface area contributed by atoms with E-state index in [2.05, 4.69) is 178 Å². The number of rotatable bonds is 5. The van der Waals surface area contributed by atoms with Gasteiger partial charge in [0, 0.05) is 74.9 Å². The molecule has 1 N–H and O–H groups in total. The van der Waals surface area contributed by atoms with Gasteiger partial charge in [-0.1, -0.05) is 158 Å². The van der Waals surface area contributed by atoms with Crippen LogP contribution in [-0.2, 0) is 0 Å². The van der Waals surface area contributed by atoms with Crippen LogP contribution in [0.4, 0.5) is 0 Å². The van der Waals surface area contributed by atoms with Crippen molar-refractivity contribution in [2.24, 2.45) is 9.98 Å². The average Bonchev–Trinajstić information content (AvgIpc) is 4.13. The van der Waals surface area contributed by atoms with Crippen LogP contribution < -0.4 is 5.32 Å². The Morgan fingerprint density at radius 3 is 1.83 bits per heavy atom. The molecule has 0 radical (unpaired) electrons. The molecule has 14 rings (SSSR count). The predicted octanol–water partition coefficient (Wildman–Crippen LogP) is 14.6. The molecule has 9 aromatic carbocycles. The van der Waals surface area contributed by atoms with E-state index in [1.807, 2.05) is 47.7 Å². The number of nitrogens with one attached hydrogen (secondary N) is 1. The zero-order valence-corrected chi connectivity index (χ0v) is 35.1. The molecule has 1 aliphatic rings. The van der Waals surface area contributed by atoms with E-state index >= 15 is 0 Å². The first-order valence-electron chi connectivity index (χ1n) is 21.6. The fourth-order valence-electron chi connectivity index (χ4n) is 10.3. The van der Waals surface area contributed by atoms with Crippen molar-refractivity contribution in [3.05, 3.63) is 217 Å². The van der Waals surface area contributed by atoms with E-state index in [4.69, 9.17) is 14.4 Å². The summed E-state index contributed by atoms with van der Waals surface area (Å²) in [5, 5.41) is 13.2. The SMILES string of the molecule is c1ccc(C2=NC(c3ccc(-n4c5ccccc5c5c6c(c7ccccc7n6-c6ccccc6)c6sc7ccccc7c6c54)c4oc5ccccc5c34)NC(c3ccccc3)=N2)cc1. The van der Waals surface area contributed by atoms with Crippen molar-refractivity contribution in [1.29, 1.82) is 0 Å². The Morgan fingerprint density at radius 1 is 0.484 bits per heavy atom. The molecular formula is C57H35N5OS. The van der Waals surface area contributed by atoms with Gasteiger partial charge in [-0.15, -0.1) is 11.3 Å². The molecular weight excluding hydrogens is 803 g/mol. The molecule has 0 fully saturated rings. The molecule has 0 saturated carbocycles. The minimum absolute atomic E-state index is 0.452. The lowest BCUT2D eigenvalue weighted by atomic mass is 10.0. The second-order valence-corrected chi connectivity index (χ2v) is 17.5. The summed E-state index contributed by atoms with van der Waals surface area (Å²) in [6.45, 7) is 0. The first kappa shape index (κ1) is 35.3. The van der Waals surface area contributed by atoms with Gasteiger partial charge in [0.2, 0.25) is 0 Å². The van der Waals surface area contributed by atoms with Crippen molar-refractivity contribution >= 4 is 109 Å². The van der Waals surface area contributed by atoms with Crippen LogP contribution in [0.25, 0.3) is 97.1 Å². The molecule has 0 amide bonds. The lowest BCUT2D eigenvalue weighted by molar-refractivity contribution is 0.660. The first-order valence-corrected chi connectivity index (χ1v) is 22.4. The standard InChI is InChI=1S/C57H35N5OS/c1-4-18-34(19-5-1)55-58-56(35-20-6-2-7-21-35)60-57(59-55)41-32-33-44(53-47(41)39-26-12-16-30-45(39)63-53)62-43-29-15-10-24-37(43)48-51-49(54-50(52(48)62)40-27-13-17-31-46(40)64-54)38-25-11-14-28-42(38)61(51)36-22-8-3-9-23-36/h1-33,57H,(H,58,59,60). The number of thiophene rings is 1. The third-order valence-corrected chi connectivity index (χ3v) is 14.1. The van der Waals surface area contributed by atoms with Gasteiger partial charge in [0.1, 0.15) is 17.6 Å². The highest BCUT2D eigenvalue weighted by atomic mass is 32.1. The van der Waals surface area contributed by atoms with Crippen molar-refractivity contribution in [2.45, 2.75) is 6.17 Å². The quantitative estimate of drug-likeness (QED) is 0.188. The first-order chi connectivity index (χ1) is 31.8. The predicted molar refractivity (Wildman–Crippen MR) is 267 cm³/mol. The topological polar surface area (TPSA) is 59.8 Å². The summed E-state index contributed by atoms with van der Waals surface area (Å²) in [4.78, 5) is 10.5. The Labute approximate surface area is 370 Å². The van der Waals surface area contributed by atoms with Gasteiger partial charge in [-0.25, -0.2) is 9.98 Å². The Kier molecular flexibility index (Phi) is 7.52. The third kappa shape index (κ3) is 5.01. The number of hydrogen-bond donors (Lipinski definition) is 1. The van der Waals surface area contributed by atoms with Crippen LogP contribution in [0.5, 0.6) is 0 Å². The number of furan rings is 1. The molecule has 0 spiro atoms. The highest BCUT2D eigenvalue weighted by molar-refractivity contribution is 7.27. The van der Waals surface area contributed by atoms with Gasteiger partial charge in [-0.3, -0.25) is 0 Å². The molecule has 64 heavy (non-hydrogen) atoms. The van der Waals surface area contributed by atoms with Crippen LogP contribution in [0.3, 0.4) is 0 Å². The van der Waals surface area contributed by atoms with Gasteiger partial charge < -0.3 is 18.9 Å². The molecule has 1 unspecified atom stereocenters. The highest BCUT2D eigenvalue weighted by Gasteiger charge is 2.30. The van der Waals surface area contributed by atoms with Crippen molar-refractivity contribution in [1.82, 2.24) is 14.5 Å². The number of benzene rings is 9. The molecule has 0 bridgehead atoms. The molecule has 7 heteroatoms. The maximum absolute atomic E-state index is 7.14. The van der Waals surface area contributed by atoms with Crippen LogP contribution in [-0.4, -0.2) is 20.8 Å². The van der Waals surface area contributed by atoms with Crippen LogP contribution in [0, 0.1) is 0 Å². The molecule has 13 aromatic rings. The lowest BCUT2D eigenvalue weighted by Gasteiger charge is -2.24. The maximum Gasteiger partial charge on any atom is 0.159 e. The molecule has 6 nitrogen and oxygen atoms in total. The summed E-state index contributed by atoms with van der Waals surface area (Å²) >= 11 is 1.88. The third-order valence-electron chi connectivity index (χ3n) is 13.0. The average molecular weight is 838 g/mol. The van der Waals surface area contributed by atoms with E-state index in [1.165, 1.54) is 52.8 Å². The smallest absolute Gasteiger partial charge is 0.159 e. The zero-order chi connectivity index (χ0) is 41.9. The summed E-state index contributed by atoms with van der Waals surface area (Å²) in [7, 11) is 0. The van der Waals surface area contributed by atoms with Crippen molar-refractivity contribution in [3.8, 4) is 11.4 Å². The van der Waals surface area contributed by atoms with Crippen molar-refractivity contribution in [2.75, 3.05) is 0 Å².